The molecule has 2 rings (SSSR count). The molecule has 2 saturated heterocycles. The summed E-state index contributed by atoms with van der Waals surface area (Å²) in [6.07, 6.45) is -0.585. The minimum absolute atomic E-state index is 0.0923. The fourth-order valence-corrected chi connectivity index (χ4v) is 1.94. The highest BCUT2D eigenvalue weighted by Gasteiger charge is 2.31. The van der Waals surface area contributed by atoms with Crippen LogP contribution in [0.1, 0.15) is 0 Å². The number of piperazine rings is 1. The van der Waals surface area contributed by atoms with Gasteiger partial charge in [0.2, 0.25) is 5.91 Å². The van der Waals surface area contributed by atoms with Crippen LogP contribution in [0.4, 0.5) is 4.79 Å². The van der Waals surface area contributed by atoms with E-state index in [0.717, 1.165) is 11.4 Å². The first-order valence-corrected chi connectivity index (χ1v) is 5.54. The summed E-state index contributed by atoms with van der Waals surface area (Å²) in [6, 6.07) is 1.82. The zero-order valence-corrected chi connectivity index (χ0v) is 9.39. The molecule has 17 heavy (non-hydrogen) atoms. The van der Waals surface area contributed by atoms with Crippen molar-refractivity contribution in [1.29, 1.82) is 5.26 Å². The lowest BCUT2D eigenvalue weighted by Gasteiger charge is -2.31. The molecular weight excluding hydrogens is 224 g/mol. The number of nitriles is 1. The number of ether oxygens (including phenoxy) is 1. The molecule has 0 radical (unpaired) electrons. The first kappa shape index (κ1) is 11.8. The second-order valence-electron chi connectivity index (χ2n) is 3.98. The van der Waals surface area contributed by atoms with Gasteiger partial charge in [-0.2, -0.15) is 5.26 Å². The fourth-order valence-electron chi connectivity index (χ4n) is 1.94. The zero-order valence-electron chi connectivity index (χ0n) is 9.39. The van der Waals surface area contributed by atoms with Crippen LogP contribution in [-0.2, 0) is 9.53 Å². The van der Waals surface area contributed by atoms with Gasteiger partial charge in [-0.1, -0.05) is 0 Å². The van der Waals surface area contributed by atoms with E-state index in [1.807, 2.05) is 0 Å². The molecule has 1 N–H and O–H groups in total. The number of rotatable bonds is 2. The summed E-state index contributed by atoms with van der Waals surface area (Å²) in [4.78, 5) is 25.9. The SMILES string of the molecule is N#CC1CNCCN1CC(=O)N1CCOC1=O. The third-order valence-electron chi connectivity index (χ3n) is 2.90. The van der Waals surface area contributed by atoms with Gasteiger partial charge in [0.25, 0.3) is 0 Å². The summed E-state index contributed by atoms with van der Waals surface area (Å²) < 4.78 is 4.70. The number of cyclic esters (lactones) is 1. The number of nitrogens with zero attached hydrogens (tertiary/aromatic N) is 3. The molecular formula is C10H14N4O3. The number of nitrogens with one attached hydrogen (secondary N) is 1. The maximum absolute atomic E-state index is 11.8. The Morgan fingerprint density at radius 2 is 2.41 bits per heavy atom. The third-order valence-corrected chi connectivity index (χ3v) is 2.90. The predicted octanol–water partition coefficient (Wildman–Crippen LogP) is -1.24. The normalized spacial score (nSPS) is 25.5. The molecule has 0 bridgehead atoms. The Labute approximate surface area is 98.9 Å². The van der Waals surface area contributed by atoms with Crippen LogP contribution < -0.4 is 5.32 Å². The van der Waals surface area contributed by atoms with Crippen molar-refractivity contribution in [2.45, 2.75) is 6.04 Å². The van der Waals surface area contributed by atoms with Crippen molar-refractivity contribution in [2.24, 2.45) is 0 Å². The van der Waals surface area contributed by atoms with Crippen molar-refractivity contribution < 1.29 is 14.3 Å². The van der Waals surface area contributed by atoms with E-state index >= 15 is 0 Å². The summed E-state index contributed by atoms with van der Waals surface area (Å²) in [5.74, 6) is -0.297. The number of hydrogen-bond donors (Lipinski definition) is 1. The van der Waals surface area contributed by atoms with Gasteiger partial charge in [-0.3, -0.25) is 9.69 Å². The predicted molar refractivity (Wildman–Crippen MR) is 56.9 cm³/mol. The van der Waals surface area contributed by atoms with Crippen molar-refractivity contribution in [2.75, 3.05) is 39.3 Å². The Morgan fingerprint density at radius 1 is 1.59 bits per heavy atom. The van der Waals surface area contributed by atoms with E-state index in [-0.39, 0.29) is 25.1 Å². The minimum atomic E-state index is -0.585. The lowest BCUT2D eigenvalue weighted by atomic mass is 10.2. The molecule has 0 aliphatic carbocycles. The quantitative estimate of drug-likeness (QED) is 0.648. The smallest absolute Gasteiger partial charge is 0.416 e. The van der Waals surface area contributed by atoms with Crippen LogP contribution in [0.15, 0.2) is 0 Å². The van der Waals surface area contributed by atoms with Gasteiger partial charge >= 0.3 is 6.09 Å². The highest BCUT2D eigenvalue weighted by atomic mass is 16.6. The maximum Gasteiger partial charge on any atom is 0.416 e. The monoisotopic (exact) mass is 238 g/mol. The first-order chi connectivity index (χ1) is 8.22. The van der Waals surface area contributed by atoms with Gasteiger partial charge in [-0.15, -0.1) is 0 Å². The van der Waals surface area contributed by atoms with E-state index in [9.17, 15) is 9.59 Å². The molecule has 7 heteroatoms. The van der Waals surface area contributed by atoms with Gasteiger partial charge in [0.1, 0.15) is 12.6 Å². The number of carbonyl (C=O) groups is 2. The summed E-state index contributed by atoms with van der Waals surface area (Å²) in [5, 5.41) is 12.0. The summed E-state index contributed by atoms with van der Waals surface area (Å²) in [6.45, 7) is 2.58. The molecule has 0 aromatic rings. The van der Waals surface area contributed by atoms with Crippen molar-refractivity contribution in [3.05, 3.63) is 0 Å². The molecule has 0 spiro atoms. The molecule has 0 saturated carbocycles. The summed E-state index contributed by atoms with van der Waals surface area (Å²) in [7, 11) is 0. The Balaban J connectivity index is 1.93. The molecule has 2 amide bonds. The summed E-state index contributed by atoms with van der Waals surface area (Å²) in [5.41, 5.74) is 0. The van der Waals surface area contributed by atoms with Crippen molar-refractivity contribution in [3.63, 3.8) is 0 Å². The summed E-state index contributed by atoms with van der Waals surface area (Å²) >= 11 is 0. The molecule has 2 fully saturated rings. The van der Waals surface area contributed by atoms with Crippen molar-refractivity contribution in [3.8, 4) is 6.07 Å². The van der Waals surface area contributed by atoms with Crippen LogP contribution in [0.5, 0.6) is 0 Å². The largest absolute Gasteiger partial charge is 0.447 e. The van der Waals surface area contributed by atoms with Gasteiger partial charge in [0.05, 0.1) is 19.2 Å². The first-order valence-electron chi connectivity index (χ1n) is 5.54. The molecule has 2 aliphatic rings. The number of hydrogen-bond acceptors (Lipinski definition) is 6. The standard InChI is InChI=1S/C10H14N4O3/c11-5-8-6-12-1-2-13(8)7-9(15)14-3-4-17-10(14)16/h8,12H,1-4,6-7H2. The van der Waals surface area contributed by atoms with E-state index in [0.29, 0.717) is 19.6 Å². The van der Waals surface area contributed by atoms with E-state index < -0.39 is 6.09 Å². The second kappa shape index (κ2) is 5.12. The highest BCUT2D eigenvalue weighted by molar-refractivity contribution is 5.94. The van der Waals surface area contributed by atoms with Crippen molar-refractivity contribution in [1.82, 2.24) is 15.1 Å². The van der Waals surface area contributed by atoms with Crippen LogP contribution in [0.3, 0.4) is 0 Å². The van der Waals surface area contributed by atoms with Gasteiger partial charge in [0, 0.05) is 19.6 Å². The molecule has 2 heterocycles. The Bertz CT molecular complexity index is 365. The highest BCUT2D eigenvalue weighted by Crippen LogP contribution is 2.07. The topological polar surface area (TPSA) is 85.7 Å². The average molecular weight is 238 g/mol. The minimum Gasteiger partial charge on any atom is -0.447 e. The van der Waals surface area contributed by atoms with E-state index in [2.05, 4.69) is 11.4 Å². The van der Waals surface area contributed by atoms with Gasteiger partial charge in [0.15, 0.2) is 0 Å². The molecule has 92 valence electrons. The van der Waals surface area contributed by atoms with Gasteiger partial charge in [-0.25, -0.2) is 9.69 Å². The molecule has 0 aromatic carbocycles. The van der Waals surface area contributed by atoms with Crippen LogP contribution in [0.2, 0.25) is 0 Å². The Morgan fingerprint density at radius 3 is 3.06 bits per heavy atom. The van der Waals surface area contributed by atoms with Gasteiger partial charge < -0.3 is 10.1 Å². The van der Waals surface area contributed by atoms with E-state index in [4.69, 9.17) is 10.00 Å². The lowest BCUT2D eigenvalue weighted by molar-refractivity contribution is -0.129. The van der Waals surface area contributed by atoms with E-state index in [1.165, 1.54) is 0 Å². The number of carbonyl (C=O) groups excluding carboxylic acids is 2. The lowest BCUT2D eigenvalue weighted by Crippen LogP contribution is -2.54. The third kappa shape index (κ3) is 2.54. The Hall–Kier alpha value is -1.65. The maximum atomic E-state index is 11.8. The molecule has 1 atom stereocenters. The second-order valence-corrected chi connectivity index (χ2v) is 3.98. The van der Waals surface area contributed by atoms with Crippen LogP contribution in [0, 0.1) is 11.3 Å². The van der Waals surface area contributed by atoms with Crippen LogP contribution in [0.25, 0.3) is 0 Å². The molecule has 0 aromatic heterocycles. The molecule has 2 aliphatic heterocycles. The van der Waals surface area contributed by atoms with E-state index in [1.54, 1.807) is 4.90 Å². The number of amides is 2. The molecule has 7 nitrogen and oxygen atoms in total. The van der Waals surface area contributed by atoms with Crippen molar-refractivity contribution >= 4 is 12.0 Å². The van der Waals surface area contributed by atoms with Crippen LogP contribution >= 0.6 is 0 Å². The zero-order chi connectivity index (χ0) is 12.3. The van der Waals surface area contributed by atoms with Gasteiger partial charge in [-0.05, 0) is 0 Å². The number of imide groups is 1. The fraction of sp³-hybridized carbons (Fsp3) is 0.700. The van der Waals surface area contributed by atoms with Crippen LogP contribution in [-0.4, -0.2) is 67.2 Å². The molecule has 1 unspecified atom stereocenters. The Kier molecular flexibility index (Phi) is 3.56. The average Bonchev–Trinajstić information content (AvgIpc) is 2.76.